The van der Waals surface area contributed by atoms with Gasteiger partial charge in [0.15, 0.2) is 18.0 Å². The van der Waals surface area contributed by atoms with Crippen LogP contribution in [0.1, 0.15) is 59.8 Å². The van der Waals surface area contributed by atoms with Crippen LogP contribution in [0.5, 0.6) is 0 Å². The van der Waals surface area contributed by atoms with Crippen molar-refractivity contribution in [3.63, 3.8) is 0 Å². The van der Waals surface area contributed by atoms with E-state index in [4.69, 9.17) is 14.2 Å². The summed E-state index contributed by atoms with van der Waals surface area (Å²) in [7, 11) is 0. The van der Waals surface area contributed by atoms with Crippen LogP contribution in [0.15, 0.2) is 23.8 Å². The van der Waals surface area contributed by atoms with Gasteiger partial charge in [-0.1, -0.05) is 19.9 Å². The fraction of sp³-hybridized carbons (Fsp3) is 0.692. The molecule has 7 nitrogen and oxygen atoms in total. The number of halogens is 1. The number of ether oxygens (including phenoxy) is 3. The fourth-order valence-electron chi connectivity index (χ4n) is 7.92. The van der Waals surface area contributed by atoms with E-state index in [-0.39, 0.29) is 36.6 Å². The number of ketones is 2. The van der Waals surface area contributed by atoms with Crippen LogP contribution in [0.25, 0.3) is 0 Å². The number of esters is 2. The molecule has 0 radical (unpaired) electrons. The Morgan fingerprint density at radius 3 is 2.65 bits per heavy atom. The molecule has 0 bridgehead atoms. The van der Waals surface area contributed by atoms with E-state index in [1.54, 1.807) is 13.0 Å². The van der Waals surface area contributed by atoms with Gasteiger partial charge >= 0.3 is 11.9 Å². The number of rotatable bonds is 5. The molecule has 184 valence electrons. The summed E-state index contributed by atoms with van der Waals surface area (Å²) in [6.45, 7) is 6.31. The van der Waals surface area contributed by atoms with Crippen molar-refractivity contribution in [2.75, 3.05) is 6.61 Å². The predicted octanol–water partition coefficient (Wildman–Crippen LogP) is 3.20. The maximum absolute atomic E-state index is 15.6. The zero-order valence-electron chi connectivity index (χ0n) is 20.0. The second-order valence-corrected chi connectivity index (χ2v) is 10.9. The molecular weight excluding hydrogens is 443 g/mol. The van der Waals surface area contributed by atoms with Gasteiger partial charge in [-0.2, -0.15) is 0 Å². The number of Topliss-reactive ketones (excluding diaryl/α,β-unsaturated/α-hetero) is 1. The minimum absolute atomic E-state index is 0.136. The molecule has 8 heteroatoms. The first-order valence-corrected chi connectivity index (χ1v) is 12.1. The summed E-state index contributed by atoms with van der Waals surface area (Å²) in [6, 6.07) is 0. The maximum Gasteiger partial charge on any atom is 0.305 e. The Morgan fingerprint density at radius 1 is 1.24 bits per heavy atom. The van der Waals surface area contributed by atoms with Crippen LogP contribution in [-0.2, 0) is 33.4 Å². The molecular formula is C26H31FO7. The van der Waals surface area contributed by atoms with Gasteiger partial charge in [0.05, 0.1) is 6.10 Å². The Labute approximate surface area is 198 Å². The Kier molecular flexibility index (Phi) is 5.04. The van der Waals surface area contributed by atoms with E-state index in [9.17, 15) is 19.2 Å². The number of hydrogen-bond acceptors (Lipinski definition) is 7. The highest BCUT2D eigenvalue weighted by molar-refractivity contribution is 6.01. The van der Waals surface area contributed by atoms with E-state index < -0.39 is 52.5 Å². The third-order valence-electron chi connectivity index (χ3n) is 9.46. The van der Waals surface area contributed by atoms with E-state index in [0.717, 1.165) is 0 Å². The molecule has 0 amide bonds. The van der Waals surface area contributed by atoms with Gasteiger partial charge in [-0.05, 0) is 62.2 Å². The van der Waals surface area contributed by atoms with Gasteiger partial charge in [0.1, 0.15) is 11.8 Å². The summed E-state index contributed by atoms with van der Waals surface area (Å²) in [5.41, 5.74) is -3.18. The SMILES string of the molecule is CCC(=O)OCC(=O)[C@@]1(OC(C)=O)CC[C@H]2[C@@H]3C[C@H](F)C4=CC(=O)C=C[C@]4(C)[C@@]34O[C@H]4C[C@@]21C. The quantitative estimate of drug-likeness (QED) is 0.446. The molecule has 5 aliphatic rings. The molecule has 5 rings (SSSR count). The van der Waals surface area contributed by atoms with Crippen LogP contribution in [0.2, 0.25) is 0 Å². The van der Waals surface area contributed by atoms with Gasteiger partial charge in [0.25, 0.3) is 0 Å². The van der Waals surface area contributed by atoms with Crippen LogP contribution in [0, 0.1) is 22.7 Å². The van der Waals surface area contributed by atoms with Crippen molar-refractivity contribution in [2.24, 2.45) is 22.7 Å². The fourth-order valence-corrected chi connectivity index (χ4v) is 7.92. The zero-order chi connectivity index (χ0) is 24.7. The number of epoxide rings is 1. The van der Waals surface area contributed by atoms with Gasteiger partial charge in [-0.25, -0.2) is 4.39 Å². The van der Waals surface area contributed by atoms with E-state index in [0.29, 0.717) is 24.8 Å². The number of alkyl halides is 1. The van der Waals surface area contributed by atoms with E-state index in [1.165, 1.54) is 19.1 Å². The lowest BCUT2D eigenvalue weighted by Crippen LogP contribution is -2.63. The average Bonchev–Trinajstić information content (AvgIpc) is 3.43. The lowest BCUT2D eigenvalue weighted by molar-refractivity contribution is -0.188. The van der Waals surface area contributed by atoms with Crippen LogP contribution in [-0.4, -0.2) is 53.6 Å². The third kappa shape index (κ3) is 2.77. The second kappa shape index (κ2) is 7.33. The molecule has 1 heterocycles. The summed E-state index contributed by atoms with van der Waals surface area (Å²) < 4.78 is 32.9. The molecule has 0 N–H and O–H groups in total. The third-order valence-corrected chi connectivity index (χ3v) is 9.46. The number of allylic oxidation sites excluding steroid dienone is 2. The summed E-state index contributed by atoms with van der Waals surface area (Å²) in [6.07, 6.45) is 4.75. The van der Waals surface area contributed by atoms with Crippen LogP contribution < -0.4 is 0 Å². The first-order valence-electron chi connectivity index (χ1n) is 12.1. The Hall–Kier alpha value is -2.35. The molecule has 1 aliphatic heterocycles. The van der Waals surface area contributed by atoms with Gasteiger partial charge < -0.3 is 14.2 Å². The molecule has 3 saturated carbocycles. The van der Waals surface area contributed by atoms with Crippen molar-refractivity contribution in [1.82, 2.24) is 0 Å². The topological polar surface area (TPSA) is 99.3 Å². The number of fused-ring (bicyclic) bond motifs is 3. The molecule has 4 fully saturated rings. The van der Waals surface area contributed by atoms with Crippen molar-refractivity contribution < 1.29 is 37.8 Å². The summed E-state index contributed by atoms with van der Waals surface area (Å²) >= 11 is 0. The van der Waals surface area contributed by atoms with Crippen molar-refractivity contribution in [3.05, 3.63) is 23.8 Å². The summed E-state index contributed by atoms with van der Waals surface area (Å²) in [5, 5.41) is 0. The van der Waals surface area contributed by atoms with Crippen LogP contribution in [0.3, 0.4) is 0 Å². The highest BCUT2D eigenvalue weighted by atomic mass is 19.1. The number of carbonyl (C=O) groups excluding carboxylic acids is 4. The highest BCUT2D eigenvalue weighted by Gasteiger charge is 2.82. The van der Waals surface area contributed by atoms with E-state index >= 15 is 4.39 Å². The van der Waals surface area contributed by atoms with Gasteiger partial charge in [0.2, 0.25) is 5.78 Å². The van der Waals surface area contributed by atoms with Crippen LogP contribution >= 0.6 is 0 Å². The summed E-state index contributed by atoms with van der Waals surface area (Å²) in [5.74, 6) is -2.09. The van der Waals surface area contributed by atoms with Gasteiger partial charge in [0, 0.05) is 24.2 Å². The predicted molar refractivity (Wildman–Crippen MR) is 117 cm³/mol. The zero-order valence-corrected chi connectivity index (χ0v) is 20.0. The van der Waals surface area contributed by atoms with Crippen molar-refractivity contribution in [1.29, 1.82) is 0 Å². The first-order chi connectivity index (χ1) is 15.9. The molecule has 0 aromatic carbocycles. The van der Waals surface area contributed by atoms with Crippen molar-refractivity contribution in [2.45, 2.75) is 83.3 Å². The first kappa shape index (κ1) is 23.4. The lowest BCUT2D eigenvalue weighted by Gasteiger charge is -2.56. The van der Waals surface area contributed by atoms with Crippen LogP contribution in [0.4, 0.5) is 4.39 Å². The number of hydrogen-bond donors (Lipinski definition) is 0. The molecule has 8 atom stereocenters. The minimum Gasteiger partial charge on any atom is -0.457 e. The van der Waals surface area contributed by atoms with Gasteiger partial charge in [-0.3, -0.25) is 19.2 Å². The number of carbonyl (C=O) groups is 4. The lowest BCUT2D eigenvalue weighted by atomic mass is 9.46. The van der Waals surface area contributed by atoms with Crippen molar-refractivity contribution in [3.8, 4) is 0 Å². The largest absolute Gasteiger partial charge is 0.457 e. The molecule has 0 aromatic heterocycles. The highest BCUT2D eigenvalue weighted by Crippen LogP contribution is 2.76. The normalized spacial score (nSPS) is 45.8. The Balaban J connectivity index is 1.53. The second-order valence-electron chi connectivity index (χ2n) is 10.9. The Bertz CT molecular complexity index is 1050. The smallest absolute Gasteiger partial charge is 0.305 e. The molecule has 1 saturated heterocycles. The summed E-state index contributed by atoms with van der Waals surface area (Å²) in [4.78, 5) is 49.5. The Morgan fingerprint density at radius 2 is 1.97 bits per heavy atom. The van der Waals surface area contributed by atoms with E-state index in [2.05, 4.69) is 0 Å². The molecule has 4 aliphatic carbocycles. The maximum atomic E-state index is 15.6. The minimum atomic E-state index is -1.46. The monoisotopic (exact) mass is 474 g/mol. The standard InChI is InChI=1S/C26H31FO7/c1-5-22(31)32-13-20(30)25(33-14(2)28)9-7-16-17-11-19(27)18-10-15(29)6-8-23(18,3)26(17)21(34-26)12-24(16,25)4/h6,8,10,16-17,19,21H,5,7,9,11-13H2,1-4H3/t16-,17-,19-,21-,23-,24-,25-,26+/m0/s1. The molecule has 0 unspecified atom stereocenters. The average molecular weight is 475 g/mol. The van der Waals surface area contributed by atoms with E-state index in [1.807, 2.05) is 13.8 Å². The molecule has 0 aromatic rings. The molecule has 34 heavy (non-hydrogen) atoms. The van der Waals surface area contributed by atoms with Gasteiger partial charge in [-0.15, -0.1) is 0 Å². The van der Waals surface area contributed by atoms with Crippen molar-refractivity contribution >= 4 is 23.5 Å². The molecule has 1 spiro atoms.